The number of thiazole rings is 1. The summed E-state index contributed by atoms with van der Waals surface area (Å²) in [6, 6.07) is 12.4. The Hall–Kier alpha value is -3.32. The van der Waals surface area contributed by atoms with E-state index in [0.717, 1.165) is 18.4 Å². The van der Waals surface area contributed by atoms with Gasteiger partial charge in [-0.15, -0.1) is 11.3 Å². The fraction of sp³-hybridized carbons (Fsp3) is 0.250. The van der Waals surface area contributed by atoms with E-state index >= 15 is 0 Å². The van der Waals surface area contributed by atoms with Crippen molar-refractivity contribution in [1.82, 2.24) is 4.98 Å². The Morgan fingerprint density at radius 3 is 2.52 bits per heavy atom. The molecular formula is C24H25NO5S. The maximum Gasteiger partial charge on any atom is 0.266 e. The Kier molecular flexibility index (Phi) is 7.67. The van der Waals surface area contributed by atoms with Gasteiger partial charge in [0.25, 0.3) is 5.56 Å². The van der Waals surface area contributed by atoms with Gasteiger partial charge in [-0.2, -0.15) is 0 Å². The molecule has 0 bridgehead atoms. The normalized spacial score (nSPS) is 12.1. The second-order valence-corrected chi connectivity index (χ2v) is 7.86. The standard InChI is InChI=1S/C24H25NO5S/c1-4-5-12-30-20-11-6-16(13-21(20)29-3)14-22-24(27)25-23(31-22)15-19(26)17-7-9-18(28-2)10-8-17/h6-11,13-15H,4-5,12H2,1-3H3,(H,25,27)/b22-14-,23-15-. The topological polar surface area (TPSA) is 77.6 Å². The highest BCUT2D eigenvalue weighted by atomic mass is 32.1. The van der Waals surface area contributed by atoms with Crippen molar-refractivity contribution in [2.75, 3.05) is 20.8 Å². The molecule has 0 atom stereocenters. The Morgan fingerprint density at radius 2 is 1.84 bits per heavy atom. The number of methoxy groups -OCH3 is 2. The van der Waals surface area contributed by atoms with Crippen LogP contribution in [0.15, 0.2) is 47.3 Å². The van der Waals surface area contributed by atoms with Gasteiger partial charge in [-0.05, 0) is 54.5 Å². The summed E-state index contributed by atoms with van der Waals surface area (Å²) in [6.07, 6.45) is 5.21. The lowest BCUT2D eigenvalue weighted by Gasteiger charge is -2.10. The largest absolute Gasteiger partial charge is 0.497 e. The van der Waals surface area contributed by atoms with Crippen LogP contribution in [0.3, 0.4) is 0 Å². The zero-order valence-electron chi connectivity index (χ0n) is 17.8. The smallest absolute Gasteiger partial charge is 0.266 e. The molecule has 7 heteroatoms. The molecule has 1 aromatic heterocycles. The van der Waals surface area contributed by atoms with Crippen LogP contribution in [0.2, 0.25) is 0 Å². The monoisotopic (exact) mass is 439 g/mol. The molecule has 0 unspecified atom stereocenters. The van der Waals surface area contributed by atoms with Crippen LogP contribution in [0, 0.1) is 0 Å². The highest BCUT2D eigenvalue weighted by Gasteiger charge is 2.06. The Morgan fingerprint density at radius 1 is 1.06 bits per heavy atom. The quantitative estimate of drug-likeness (QED) is 0.409. The molecule has 1 heterocycles. The third kappa shape index (κ3) is 5.86. The minimum atomic E-state index is -0.249. The third-order valence-corrected chi connectivity index (χ3v) is 5.52. The van der Waals surface area contributed by atoms with E-state index in [9.17, 15) is 9.59 Å². The van der Waals surface area contributed by atoms with Crippen molar-refractivity contribution in [3.05, 3.63) is 73.1 Å². The van der Waals surface area contributed by atoms with E-state index in [1.165, 1.54) is 17.4 Å². The van der Waals surface area contributed by atoms with Crippen LogP contribution in [0.1, 0.15) is 35.7 Å². The van der Waals surface area contributed by atoms with E-state index in [1.807, 2.05) is 18.2 Å². The molecule has 0 radical (unpaired) electrons. The van der Waals surface area contributed by atoms with Gasteiger partial charge < -0.3 is 19.2 Å². The fourth-order valence-electron chi connectivity index (χ4n) is 2.85. The first kappa shape index (κ1) is 22.4. The minimum absolute atomic E-state index is 0.193. The van der Waals surface area contributed by atoms with Crippen molar-refractivity contribution in [3.63, 3.8) is 0 Å². The molecule has 1 N–H and O–H groups in total. The molecule has 0 aliphatic heterocycles. The number of aromatic amines is 1. The van der Waals surface area contributed by atoms with Crippen molar-refractivity contribution >= 4 is 29.3 Å². The summed E-state index contributed by atoms with van der Waals surface area (Å²) in [5.41, 5.74) is 1.07. The van der Waals surface area contributed by atoms with Gasteiger partial charge in [0.15, 0.2) is 17.3 Å². The van der Waals surface area contributed by atoms with Gasteiger partial charge in [0.1, 0.15) is 5.75 Å². The summed E-state index contributed by atoms with van der Waals surface area (Å²) >= 11 is 1.22. The van der Waals surface area contributed by atoms with Crippen molar-refractivity contribution < 1.29 is 19.0 Å². The van der Waals surface area contributed by atoms with E-state index in [1.54, 1.807) is 44.6 Å². The highest BCUT2D eigenvalue weighted by molar-refractivity contribution is 7.07. The average Bonchev–Trinajstić information content (AvgIpc) is 3.13. The number of ketones is 1. The van der Waals surface area contributed by atoms with E-state index in [0.29, 0.717) is 38.6 Å². The summed E-state index contributed by atoms with van der Waals surface area (Å²) in [4.78, 5) is 27.6. The first-order chi connectivity index (χ1) is 15.0. The number of nitrogens with one attached hydrogen (secondary N) is 1. The number of rotatable bonds is 9. The molecule has 0 saturated carbocycles. The highest BCUT2D eigenvalue weighted by Crippen LogP contribution is 2.28. The van der Waals surface area contributed by atoms with E-state index in [-0.39, 0.29) is 11.3 Å². The number of H-pyrrole nitrogens is 1. The van der Waals surface area contributed by atoms with Crippen LogP contribution in [-0.2, 0) is 0 Å². The minimum Gasteiger partial charge on any atom is -0.497 e. The zero-order valence-corrected chi connectivity index (χ0v) is 18.6. The number of hydrogen-bond donors (Lipinski definition) is 1. The van der Waals surface area contributed by atoms with Gasteiger partial charge >= 0.3 is 0 Å². The maximum absolute atomic E-state index is 12.5. The molecule has 0 amide bonds. The Bertz CT molecular complexity index is 1210. The Labute approximate surface area is 184 Å². The lowest BCUT2D eigenvalue weighted by atomic mass is 10.1. The second kappa shape index (κ2) is 10.6. The molecule has 3 rings (SSSR count). The van der Waals surface area contributed by atoms with Crippen molar-refractivity contribution in [1.29, 1.82) is 0 Å². The van der Waals surface area contributed by atoms with Gasteiger partial charge in [-0.25, -0.2) is 0 Å². The van der Waals surface area contributed by atoms with E-state index in [4.69, 9.17) is 14.2 Å². The zero-order chi connectivity index (χ0) is 22.2. The fourth-order valence-corrected chi connectivity index (χ4v) is 3.74. The summed E-state index contributed by atoms with van der Waals surface area (Å²) in [5.74, 6) is 1.77. The predicted octanol–water partition coefficient (Wildman–Crippen LogP) is 3.12. The molecule has 3 aromatic rings. The van der Waals surface area contributed by atoms with E-state index in [2.05, 4.69) is 11.9 Å². The number of aromatic nitrogens is 1. The summed E-state index contributed by atoms with van der Waals surface area (Å²) in [5, 5.41) is 0. The number of hydrogen-bond acceptors (Lipinski definition) is 6. The van der Waals surface area contributed by atoms with Gasteiger partial charge in [-0.3, -0.25) is 9.59 Å². The van der Waals surface area contributed by atoms with Crippen LogP contribution in [0.4, 0.5) is 0 Å². The molecule has 0 aliphatic rings. The van der Waals surface area contributed by atoms with Gasteiger partial charge in [-0.1, -0.05) is 19.4 Å². The van der Waals surface area contributed by atoms with Crippen LogP contribution < -0.4 is 29.0 Å². The molecular weight excluding hydrogens is 414 g/mol. The second-order valence-electron chi connectivity index (χ2n) is 6.78. The molecule has 0 fully saturated rings. The first-order valence-corrected chi connectivity index (χ1v) is 10.8. The van der Waals surface area contributed by atoms with E-state index < -0.39 is 0 Å². The summed E-state index contributed by atoms with van der Waals surface area (Å²) < 4.78 is 17.3. The number of carbonyl (C=O) groups is 1. The molecule has 0 aliphatic carbocycles. The summed E-state index contributed by atoms with van der Waals surface area (Å²) in [6.45, 7) is 2.73. The van der Waals surface area contributed by atoms with Crippen LogP contribution in [-0.4, -0.2) is 31.6 Å². The third-order valence-electron chi connectivity index (χ3n) is 4.56. The maximum atomic E-state index is 12.5. The Balaban J connectivity index is 1.86. The number of unbranched alkanes of at least 4 members (excludes halogenated alkanes) is 1. The first-order valence-electron chi connectivity index (χ1n) is 9.96. The predicted molar refractivity (Wildman–Crippen MR) is 123 cm³/mol. The summed E-state index contributed by atoms with van der Waals surface area (Å²) in [7, 11) is 3.15. The lowest BCUT2D eigenvalue weighted by Crippen LogP contribution is -2.20. The molecule has 31 heavy (non-hydrogen) atoms. The van der Waals surface area contributed by atoms with Crippen LogP contribution >= 0.6 is 11.3 Å². The number of carbonyl (C=O) groups excluding carboxylic acids is 1. The van der Waals surface area contributed by atoms with Gasteiger partial charge in [0, 0.05) is 11.6 Å². The molecule has 2 aromatic carbocycles. The number of benzene rings is 2. The van der Waals surface area contributed by atoms with Crippen molar-refractivity contribution in [2.45, 2.75) is 19.8 Å². The lowest BCUT2D eigenvalue weighted by molar-refractivity contribution is 0.106. The molecule has 6 nitrogen and oxygen atoms in total. The van der Waals surface area contributed by atoms with Crippen molar-refractivity contribution in [3.8, 4) is 17.2 Å². The van der Waals surface area contributed by atoms with Gasteiger partial charge in [0.2, 0.25) is 0 Å². The average molecular weight is 440 g/mol. The number of ether oxygens (including phenoxy) is 3. The van der Waals surface area contributed by atoms with Crippen molar-refractivity contribution in [2.24, 2.45) is 0 Å². The van der Waals surface area contributed by atoms with Crippen LogP contribution in [0.5, 0.6) is 17.2 Å². The number of Topliss-reactive ketones (excluding diaryl/α,β-unsaturated/α-hetero) is 1. The molecule has 0 spiro atoms. The van der Waals surface area contributed by atoms with Crippen LogP contribution in [0.25, 0.3) is 12.2 Å². The van der Waals surface area contributed by atoms with Gasteiger partial charge in [0.05, 0.1) is 30.0 Å². The molecule has 0 saturated heterocycles. The SMILES string of the molecule is CCCCOc1ccc(/C=c2\s/c(=C\C(=O)c3ccc(OC)cc3)[nH]c2=O)cc1OC. The molecule has 162 valence electrons.